The Balaban J connectivity index is 1.22. The van der Waals surface area contributed by atoms with Crippen LogP contribution in [-0.4, -0.2) is 47.7 Å². The first kappa shape index (κ1) is 16.7. The molecule has 1 aliphatic carbocycles. The molecule has 0 saturated carbocycles. The number of nitrogens with zero attached hydrogens (tertiary/aromatic N) is 2. The number of pyridine rings is 1. The Morgan fingerprint density at radius 1 is 1.32 bits per heavy atom. The number of carbonyl (C=O) groups excluding carboxylic acids is 1. The maximum absolute atomic E-state index is 12.5. The minimum absolute atomic E-state index is 0.115. The Kier molecular flexibility index (Phi) is 4.86. The second kappa shape index (κ2) is 7.26. The number of carbonyl (C=O) groups is 1. The van der Waals surface area contributed by atoms with Crippen molar-refractivity contribution in [2.75, 3.05) is 26.3 Å². The van der Waals surface area contributed by atoms with Crippen LogP contribution in [0.1, 0.15) is 31.4 Å². The molecule has 2 saturated heterocycles. The molecule has 2 fully saturated rings. The minimum atomic E-state index is -0.115. The fourth-order valence-corrected chi connectivity index (χ4v) is 4.26. The first-order valence-corrected chi connectivity index (χ1v) is 9.32. The van der Waals surface area contributed by atoms with E-state index < -0.39 is 0 Å². The molecular weight excluding hydrogens is 316 g/mol. The number of likely N-dealkylation sites (tertiary alicyclic amines) is 1. The van der Waals surface area contributed by atoms with Crippen LogP contribution in [0, 0.1) is 11.8 Å². The summed E-state index contributed by atoms with van der Waals surface area (Å²) in [5.74, 6) is 0.956. The first-order chi connectivity index (χ1) is 12.3. The van der Waals surface area contributed by atoms with Gasteiger partial charge in [0.15, 0.2) is 0 Å². The van der Waals surface area contributed by atoms with Gasteiger partial charge in [0.1, 0.15) is 5.60 Å². The van der Waals surface area contributed by atoms with Crippen molar-refractivity contribution in [2.45, 2.75) is 37.9 Å². The molecule has 1 atom stereocenters. The van der Waals surface area contributed by atoms with Crippen LogP contribution in [0.2, 0.25) is 0 Å². The monoisotopic (exact) mass is 342 g/mol. The first-order valence-electron chi connectivity index (χ1n) is 9.32. The summed E-state index contributed by atoms with van der Waals surface area (Å²) >= 11 is 0. The largest absolute Gasteiger partial charge is 0.375 e. The summed E-state index contributed by atoms with van der Waals surface area (Å²) in [6, 6.07) is 5.87. The van der Waals surface area contributed by atoms with E-state index in [2.05, 4.69) is 17.1 Å². The van der Waals surface area contributed by atoms with Gasteiger partial charge in [-0.1, -0.05) is 18.2 Å². The van der Waals surface area contributed by atoms with Crippen molar-refractivity contribution in [1.29, 1.82) is 0 Å². The van der Waals surface area contributed by atoms with E-state index in [1.807, 2.05) is 23.1 Å². The highest BCUT2D eigenvalue weighted by molar-refractivity contribution is 5.80. The zero-order valence-corrected chi connectivity index (χ0v) is 14.6. The molecule has 1 spiro atoms. The van der Waals surface area contributed by atoms with E-state index >= 15 is 0 Å². The van der Waals surface area contributed by atoms with Crippen LogP contribution in [0.15, 0.2) is 36.5 Å². The molecule has 3 aliphatic rings. The highest BCUT2D eigenvalue weighted by Gasteiger charge is 2.54. The van der Waals surface area contributed by atoms with Crippen molar-refractivity contribution in [1.82, 2.24) is 9.88 Å². The summed E-state index contributed by atoms with van der Waals surface area (Å²) in [6.45, 7) is 3.59. The Bertz CT molecular complexity index is 617. The van der Waals surface area contributed by atoms with Gasteiger partial charge in [0.2, 0.25) is 5.91 Å². The van der Waals surface area contributed by atoms with Gasteiger partial charge in [-0.2, -0.15) is 0 Å². The number of rotatable bonds is 6. The average molecular weight is 342 g/mol. The molecule has 1 aromatic rings. The van der Waals surface area contributed by atoms with Crippen LogP contribution in [0.4, 0.5) is 0 Å². The minimum Gasteiger partial charge on any atom is -0.375 e. The van der Waals surface area contributed by atoms with Gasteiger partial charge in [-0.3, -0.25) is 9.78 Å². The third kappa shape index (κ3) is 3.48. The number of allylic oxidation sites excluding steroid dienone is 2. The van der Waals surface area contributed by atoms with E-state index in [0.29, 0.717) is 25.0 Å². The van der Waals surface area contributed by atoms with Crippen LogP contribution < -0.4 is 0 Å². The maximum atomic E-state index is 12.5. The molecule has 25 heavy (non-hydrogen) atoms. The Morgan fingerprint density at radius 3 is 2.92 bits per heavy atom. The van der Waals surface area contributed by atoms with Crippen molar-refractivity contribution in [3.63, 3.8) is 0 Å². The van der Waals surface area contributed by atoms with Gasteiger partial charge >= 0.3 is 0 Å². The molecule has 1 amide bonds. The van der Waals surface area contributed by atoms with Crippen LogP contribution in [0.5, 0.6) is 0 Å². The molecule has 3 heterocycles. The lowest BCUT2D eigenvalue weighted by Gasteiger charge is -2.51. The Hall–Kier alpha value is -1.72. The maximum Gasteiger partial charge on any atom is 0.226 e. The van der Waals surface area contributed by atoms with Crippen molar-refractivity contribution in [2.24, 2.45) is 11.8 Å². The molecule has 5 nitrogen and oxygen atoms in total. The van der Waals surface area contributed by atoms with Gasteiger partial charge in [0, 0.05) is 25.3 Å². The molecule has 0 aromatic carbocycles. The van der Waals surface area contributed by atoms with E-state index in [9.17, 15) is 4.79 Å². The van der Waals surface area contributed by atoms with Crippen LogP contribution >= 0.6 is 0 Å². The number of ether oxygens (including phenoxy) is 2. The zero-order chi connectivity index (χ0) is 17.1. The molecule has 2 aliphatic heterocycles. The Labute approximate surface area is 149 Å². The van der Waals surface area contributed by atoms with Crippen molar-refractivity contribution in [3.05, 3.63) is 42.2 Å². The van der Waals surface area contributed by atoms with E-state index in [4.69, 9.17) is 9.47 Å². The van der Waals surface area contributed by atoms with Gasteiger partial charge in [0.05, 0.1) is 25.4 Å². The highest BCUT2D eigenvalue weighted by Crippen LogP contribution is 2.42. The highest BCUT2D eigenvalue weighted by atomic mass is 16.5. The third-order valence-electron chi connectivity index (χ3n) is 5.77. The molecule has 1 aromatic heterocycles. The van der Waals surface area contributed by atoms with Crippen molar-refractivity contribution in [3.8, 4) is 0 Å². The summed E-state index contributed by atoms with van der Waals surface area (Å²) in [5.41, 5.74) is 0.848. The normalized spacial score (nSPS) is 24.8. The van der Waals surface area contributed by atoms with E-state index in [0.717, 1.165) is 51.1 Å². The fraction of sp³-hybridized carbons (Fsp3) is 0.600. The van der Waals surface area contributed by atoms with Crippen molar-refractivity contribution < 1.29 is 14.3 Å². The second-order valence-corrected chi connectivity index (χ2v) is 7.40. The predicted octanol–water partition coefficient (Wildman–Crippen LogP) is 2.57. The summed E-state index contributed by atoms with van der Waals surface area (Å²) in [4.78, 5) is 18.8. The SMILES string of the molecule is O=C(C1CC=CC1)N1CC2(C1)OCC[C@@H]2CCOCc1ccccn1. The lowest BCUT2D eigenvalue weighted by atomic mass is 9.78. The molecule has 0 N–H and O–H groups in total. The summed E-state index contributed by atoms with van der Waals surface area (Å²) in [7, 11) is 0. The average Bonchev–Trinajstić information content (AvgIpc) is 3.27. The lowest BCUT2D eigenvalue weighted by Crippen LogP contribution is -2.66. The number of hydrogen-bond acceptors (Lipinski definition) is 4. The predicted molar refractivity (Wildman–Crippen MR) is 93.7 cm³/mol. The molecule has 0 unspecified atom stereocenters. The second-order valence-electron chi connectivity index (χ2n) is 7.40. The summed E-state index contributed by atoms with van der Waals surface area (Å²) in [5, 5.41) is 0. The smallest absolute Gasteiger partial charge is 0.226 e. The van der Waals surface area contributed by atoms with Gasteiger partial charge in [-0.25, -0.2) is 0 Å². The van der Waals surface area contributed by atoms with Gasteiger partial charge in [-0.15, -0.1) is 0 Å². The van der Waals surface area contributed by atoms with Crippen LogP contribution in [0.25, 0.3) is 0 Å². The van der Waals surface area contributed by atoms with E-state index in [1.165, 1.54) is 0 Å². The third-order valence-corrected chi connectivity index (χ3v) is 5.77. The number of hydrogen-bond donors (Lipinski definition) is 0. The topological polar surface area (TPSA) is 51.7 Å². The lowest BCUT2D eigenvalue weighted by molar-refractivity contribution is -0.169. The molecule has 5 heteroatoms. The van der Waals surface area contributed by atoms with Crippen molar-refractivity contribution >= 4 is 5.91 Å². The van der Waals surface area contributed by atoms with Gasteiger partial charge in [-0.05, 0) is 43.7 Å². The van der Waals surface area contributed by atoms with Gasteiger partial charge in [0.25, 0.3) is 0 Å². The molecule has 134 valence electrons. The molecular formula is C20H26N2O3. The molecule has 0 radical (unpaired) electrons. The zero-order valence-electron chi connectivity index (χ0n) is 14.6. The molecule has 4 rings (SSSR count). The quantitative estimate of drug-likeness (QED) is 0.589. The van der Waals surface area contributed by atoms with Crippen LogP contribution in [0.3, 0.4) is 0 Å². The van der Waals surface area contributed by atoms with Gasteiger partial charge < -0.3 is 14.4 Å². The standard InChI is InChI=1S/C20H26N2O3/c23-19(16-5-1-2-6-16)22-14-20(15-22)17(9-12-25-20)8-11-24-13-18-7-3-4-10-21-18/h1-4,7,10,16-17H,5-6,8-9,11-15H2/t17-/m0/s1. The molecule has 0 bridgehead atoms. The summed E-state index contributed by atoms with van der Waals surface area (Å²) in [6.07, 6.45) is 9.87. The number of amides is 1. The van der Waals surface area contributed by atoms with Crippen LogP contribution in [-0.2, 0) is 20.9 Å². The fourth-order valence-electron chi connectivity index (χ4n) is 4.26. The Morgan fingerprint density at radius 2 is 2.16 bits per heavy atom. The van der Waals surface area contributed by atoms with E-state index in [1.54, 1.807) is 6.20 Å². The summed E-state index contributed by atoms with van der Waals surface area (Å²) < 4.78 is 11.9. The number of aromatic nitrogens is 1. The van der Waals surface area contributed by atoms with E-state index in [-0.39, 0.29) is 11.5 Å².